The molecular weight excluding hydrogens is 292 g/mol. The number of nitrogens with one attached hydrogen (secondary N) is 1. The number of hydrogen-bond donors (Lipinski definition) is 3. The molecule has 0 saturated carbocycles. The molecule has 116 valence electrons. The second-order valence-corrected chi connectivity index (χ2v) is 4.96. The van der Waals surface area contributed by atoms with E-state index < -0.39 is 22.7 Å². The van der Waals surface area contributed by atoms with Crippen molar-refractivity contribution < 1.29 is 19.6 Å². The van der Waals surface area contributed by atoms with Crippen molar-refractivity contribution in [3.05, 3.63) is 33.9 Å². The van der Waals surface area contributed by atoms with Crippen molar-refractivity contribution in [2.24, 2.45) is 5.73 Å². The van der Waals surface area contributed by atoms with E-state index in [2.05, 4.69) is 5.32 Å². The minimum atomic E-state index is -1.05. The van der Waals surface area contributed by atoms with Crippen LogP contribution >= 0.6 is 0 Å². The number of non-ortho nitro benzene ring substituents is 1. The number of primary amides is 1. The summed E-state index contributed by atoms with van der Waals surface area (Å²) in [5, 5.41) is 23.7. The van der Waals surface area contributed by atoms with Crippen molar-refractivity contribution in [3.8, 4) is 5.88 Å². The summed E-state index contributed by atoms with van der Waals surface area (Å²) in [6.07, 6.45) is 0. The van der Waals surface area contributed by atoms with Gasteiger partial charge in [-0.25, -0.2) is 9.36 Å². The van der Waals surface area contributed by atoms with Crippen LogP contribution < -0.4 is 11.1 Å². The lowest BCUT2D eigenvalue weighted by Gasteiger charge is -2.07. The minimum Gasteiger partial charge on any atom is -0.494 e. The summed E-state index contributed by atoms with van der Waals surface area (Å²) in [4.78, 5) is 33.9. The Kier molecular flexibility index (Phi) is 3.72. The third-order valence-corrected chi connectivity index (χ3v) is 3.01. The number of aromatic nitrogens is 1. The lowest BCUT2D eigenvalue weighted by atomic mass is 10.1. The average molecular weight is 306 g/mol. The first-order valence-electron chi connectivity index (χ1n) is 6.36. The van der Waals surface area contributed by atoms with Gasteiger partial charge in [0, 0.05) is 23.6 Å². The van der Waals surface area contributed by atoms with Crippen molar-refractivity contribution >= 4 is 28.5 Å². The number of rotatable bonds is 3. The van der Waals surface area contributed by atoms with Crippen LogP contribution in [0.2, 0.25) is 0 Å². The number of benzene rings is 1. The maximum atomic E-state index is 12.2. The first-order valence-corrected chi connectivity index (χ1v) is 6.36. The lowest BCUT2D eigenvalue weighted by Crippen LogP contribution is -2.30. The Morgan fingerprint density at radius 1 is 1.41 bits per heavy atom. The maximum Gasteiger partial charge on any atom is 0.326 e. The molecule has 2 amide bonds. The van der Waals surface area contributed by atoms with Crippen LogP contribution in [-0.4, -0.2) is 32.6 Å². The van der Waals surface area contributed by atoms with Gasteiger partial charge in [0.1, 0.15) is 5.56 Å². The zero-order valence-corrected chi connectivity index (χ0v) is 11.9. The van der Waals surface area contributed by atoms with Gasteiger partial charge in [-0.3, -0.25) is 14.9 Å². The van der Waals surface area contributed by atoms with Crippen LogP contribution in [0.5, 0.6) is 5.88 Å². The van der Waals surface area contributed by atoms with E-state index in [0.29, 0.717) is 4.57 Å². The highest BCUT2D eigenvalue weighted by Crippen LogP contribution is 2.33. The van der Waals surface area contributed by atoms with Crippen LogP contribution in [0.4, 0.5) is 10.5 Å². The summed E-state index contributed by atoms with van der Waals surface area (Å²) in [6, 6.07) is 2.30. The standard InChI is InChI=1S/C13H14N4O5/c1-6(2)15-11(18)10-8-4-3-7(17(21)22)5-9(8)16(12(10)19)13(14)20/h3-6,19H,1-2H3,(H2,14,20)(H,15,18). The zero-order valence-electron chi connectivity index (χ0n) is 11.9. The van der Waals surface area contributed by atoms with Gasteiger partial charge in [0.2, 0.25) is 5.88 Å². The summed E-state index contributed by atoms with van der Waals surface area (Å²) in [5.41, 5.74) is 4.73. The molecule has 0 bridgehead atoms. The average Bonchev–Trinajstić information content (AvgIpc) is 2.68. The van der Waals surface area contributed by atoms with E-state index in [9.17, 15) is 24.8 Å². The van der Waals surface area contributed by atoms with Gasteiger partial charge in [0.25, 0.3) is 11.6 Å². The normalized spacial score (nSPS) is 10.9. The highest BCUT2D eigenvalue weighted by molar-refractivity contribution is 6.12. The molecule has 1 aromatic heterocycles. The van der Waals surface area contributed by atoms with E-state index in [-0.39, 0.29) is 28.2 Å². The molecule has 0 aliphatic rings. The molecule has 9 nitrogen and oxygen atoms in total. The van der Waals surface area contributed by atoms with Gasteiger partial charge in [-0.2, -0.15) is 0 Å². The highest BCUT2D eigenvalue weighted by Gasteiger charge is 2.26. The van der Waals surface area contributed by atoms with Crippen LogP contribution in [0.15, 0.2) is 18.2 Å². The molecule has 4 N–H and O–H groups in total. The Labute approximate surface area is 124 Å². The number of nitro groups is 1. The number of amides is 2. The SMILES string of the molecule is CC(C)NC(=O)c1c(O)n(C(N)=O)c2cc([N+](=O)[O-])ccc12. The predicted octanol–water partition coefficient (Wildman–Crippen LogP) is 1.32. The fourth-order valence-corrected chi connectivity index (χ4v) is 2.16. The maximum absolute atomic E-state index is 12.2. The number of nitro benzene ring substituents is 1. The molecule has 1 aromatic carbocycles. The van der Waals surface area contributed by atoms with Crippen LogP contribution in [0.25, 0.3) is 10.9 Å². The molecule has 0 aliphatic heterocycles. The van der Waals surface area contributed by atoms with Crippen LogP contribution in [0, 0.1) is 10.1 Å². The Bertz CT molecular complexity index is 793. The molecule has 0 radical (unpaired) electrons. The van der Waals surface area contributed by atoms with Crippen LogP contribution in [0.1, 0.15) is 24.2 Å². The van der Waals surface area contributed by atoms with Gasteiger partial charge in [-0.05, 0) is 19.9 Å². The van der Waals surface area contributed by atoms with E-state index in [4.69, 9.17) is 5.73 Å². The molecule has 0 fully saturated rings. The summed E-state index contributed by atoms with van der Waals surface area (Å²) >= 11 is 0. The molecule has 9 heteroatoms. The minimum absolute atomic E-state index is 0.00638. The first-order chi connectivity index (χ1) is 10.2. The predicted molar refractivity (Wildman–Crippen MR) is 77.8 cm³/mol. The van der Waals surface area contributed by atoms with Gasteiger partial charge in [0.05, 0.1) is 10.4 Å². The highest BCUT2D eigenvalue weighted by atomic mass is 16.6. The molecule has 0 atom stereocenters. The Hall–Kier alpha value is -3.10. The van der Waals surface area contributed by atoms with Crippen molar-refractivity contribution in [2.45, 2.75) is 19.9 Å². The molecule has 0 unspecified atom stereocenters. The van der Waals surface area contributed by atoms with Crippen LogP contribution in [-0.2, 0) is 0 Å². The zero-order chi connectivity index (χ0) is 16.6. The van der Waals surface area contributed by atoms with Crippen LogP contribution in [0.3, 0.4) is 0 Å². The molecule has 2 aromatic rings. The van der Waals surface area contributed by atoms with Crippen molar-refractivity contribution in [1.82, 2.24) is 9.88 Å². The quantitative estimate of drug-likeness (QED) is 0.579. The summed E-state index contributed by atoms with van der Waals surface area (Å²) in [6.45, 7) is 3.46. The number of nitrogens with zero attached hydrogens (tertiary/aromatic N) is 2. The molecule has 2 rings (SSSR count). The van der Waals surface area contributed by atoms with Crippen molar-refractivity contribution in [1.29, 1.82) is 0 Å². The lowest BCUT2D eigenvalue weighted by molar-refractivity contribution is -0.384. The third-order valence-electron chi connectivity index (χ3n) is 3.01. The molecule has 1 heterocycles. The summed E-state index contributed by atoms with van der Waals surface area (Å²) in [7, 11) is 0. The van der Waals surface area contributed by atoms with Gasteiger partial charge in [0.15, 0.2) is 0 Å². The van der Waals surface area contributed by atoms with Gasteiger partial charge in [-0.1, -0.05) is 0 Å². The Balaban J connectivity index is 2.77. The largest absolute Gasteiger partial charge is 0.494 e. The van der Waals surface area contributed by atoms with Gasteiger partial charge in [-0.15, -0.1) is 0 Å². The Morgan fingerprint density at radius 3 is 2.55 bits per heavy atom. The number of carbonyl (C=O) groups is 2. The molecule has 0 saturated heterocycles. The first kappa shape index (κ1) is 15.3. The number of aromatic hydroxyl groups is 1. The molecular formula is C13H14N4O5. The fraction of sp³-hybridized carbons (Fsp3) is 0.231. The van der Waals surface area contributed by atoms with E-state index in [0.717, 1.165) is 6.07 Å². The van der Waals surface area contributed by atoms with Gasteiger partial charge < -0.3 is 16.2 Å². The van der Waals surface area contributed by atoms with E-state index in [1.807, 2.05) is 0 Å². The number of fused-ring (bicyclic) bond motifs is 1. The second-order valence-electron chi connectivity index (χ2n) is 4.96. The van der Waals surface area contributed by atoms with Crippen molar-refractivity contribution in [2.75, 3.05) is 0 Å². The topological polar surface area (TPSA) is 140 Å². The fourth-order valence-electron chi connectivity index (χ4n) is 2.16. The second kappa shape index (κ2) is 5.35. The number of carbonyl (C=O) groups excluding carboxylic acids is 2. The van der Waals surface area contributed by atoms with Crippen molar-refractivity contribution in [3.63, 3.8) is 0 Å². The smallest absolute Gasteiger partial charge is 0.326 e. The number of nitrogens with two attached hydrogens (primary N) is 1. The van der Waals surface area contributed by atoms with E-state index in [1.54, 1.807) is 13.8 Å². The monoisotopic (exact) mass is 306 g/mol. The molecule has 22 heavy (non-hydrogen) atoms. The number of hydrogen-bond acceptors (Lipinski definition) is 5. The summed E-state index contributed by atoms with van der Waals surface area (Å²) < 4.78 is 0.664. The van der Waals surface area contributed by atoms with E-state index >= 15 is 0 Å². The van der Waals surface area contributed by atoms with E-state index in [1.165, 1.54) is 12.1 Å². The van der Waals surface area contributed by atoms with Gasteiger partial charge >= 0.3 is 6.03 Å². The summed E-state index contributed by atoms with van der Waals surface area (Å²) in [5.74, 6) is -1.26. The molecule has 0 aliphatic carbocycles. The third kappa shape index (κ3) is 2.43. The molecule has 0 spiro atoms. The Morgan fingerprint density at radius 2 is 2.05 bits per heavy atom.